The van der Waals surface area contributed by atoms with Crippen molar-refractivity contribution in [3.05, 3.63) is 34.7 Å². The van der Waals surface area contributed by atoms with E-state index in [0.29, 0.717) is 0 Å². The number of rotatable bonds is 5. The second kappa shape index (κ2) is 5.01. The Labute approximate surface area is 91.5 Å². The molecule has 0 spiro atoms. The number of hydrogen-bond donors (Lipinski definition) is 0. The van der Waals surface area contributed by atoms with Crippen LogP contribution in [0.5, 0.6) is 0 Å². The normalized spacial score (nSPS) is 13.3. The van der Waals surface area contributed by atoms with Gasteiger partial charge in [-0.1, -0.05) is 50.5 Å². The van der Waals surface area contributed by atoms with Crippen molar-refractivity contribution in [1.82, 2.24) is 5.32 Å². The molecule has 1 heterocycles. The number of benzene rings is 1. The van der Waals surface area contributed by atoms with Gasteiger partial charge in [-0.05, 0) is 12.8 Å². The van der Waals surface area contributed by atoms with E-state index in [4.69, 9.17) is 0 Å². The lowest BCUT2D eigenvalue weighted by molar-refractivity contribution is 0.673. The van der Waals surface area contributed by atoms with Gasteiger partial charge in [0.25, 0.3) is 0 Å². The Morgan fingerprint density at radius 1 is 1.07 bits per heavy atom. The van der Waals surface area contributed by atoms with Crippen LogP contribution in [0.1, 0.15) is 39.0 Å². The van der Waals surface area contributed by atoms with Crippen LogP contribution >= 0.6 is 0 Å². The smallest absolute Gasteiger partial charge is 0.0482 e. The first-order valence-corrected chi connectivity index (χ1v) is 5.91. The van der Waals surface area contributed by atoms with Crippen molar-refractivity contribution in [3.63, 3.8) is 0 Å². The maximum atomic E-state index is 4.49. The fourth-order valence-electron chi connectivity index (χ4n) is 2.01. The summed E-state index contributed by atoms with van der Waals surface area (Å²) < 4.78 is 0. The number of hydrogen-bond acceptors (Lipinski definition) is 0. The van der Waals surface area contributed by atoms with Crippen molar-refractivity contribution in [2.24, 2.45) is 0 Å². The molecule has 15 heavy (non-hydrogen) atoms. The van der Waals surface area contributed by atoms with Crippen LogP contribution in [0.2, 0.25) is 0 Å². The molecule has 0 bridgehead atoms. The molecule has 0 saturated heterocycles. The summed E-state index contributed by atoms with van der Waals surface area (Å²) in [4.78, 5) is 0. The lowest BCUT2D eigenvalue weighted by Crippen LogP contribution is -2.21. The molecule has 0 unspecified atom stereocenters. The Kier molecular flexibility index (Phi) is 3.44. The largest absolute Gasteiger partial charge is 0.260 e. The zero-order chi connectivity index (χ0) is 10.5. The first kappa shape index (κ1) is 10.3. The predicted octanol–water partition coefficient (Wildman–Crippen LogP) is 2.12. The minimum absolute atomic E-state index is 1.13. The molecule has 79 valence electrons. The van der Waals surface area contributed by atoms with Gasteiger partial charge in [-0.15, -0.1) is 0 Å². The van der Waals surface area contributed by atoms with E-state index in [2.05, 4.69) is 36.5 Å². The van der Waals surface area contributed by atoms with Gasteiger partial charge < -0.3 is 0 Å². The Morgan fingerprint density at radius 2 is 1.93 bits per heavy atom. The highest BCUT2D eigenvalue weighted by molar-refractivity contribution is 5.54. The van der Waals surface area contributed by atoms with Gasteiger partial charge >= 0.3 is 0 Å². The van der Waals surface area contributed by atoms with Gasteiger partial charge in [-0.3, -0.25) is 5.32 Å². The van der Waals surface area contributed by atoms with Gasteiger partial charge in [0.1, 0.15) is 0 Å². The molecule has 0 fully saturated rings. The molecule has 0 saturated carbocycles. The van der Waals surface area contributed by atoms with E-state index in [1.165, 1.54) is 41.8 Å². The summed E-state index contributed by atoms with van der Waals surface area (Å²) in [5.41, 5.74) is 1.28. The van der Waals surface area contributed by atoms with Crippen LogP contribution in [0.3, 0.4) is 0 Å². The zero-order valence-electron chi connectivity index (χ0n) is 9.37. The van der Waals surface area contributed by atoms with E-state index in [9.17, 15) is 0 Å². The van der Waals surface area contributed by atoms with Gasteiger partial charge in [0.2, 0.25) is 0 Å². The number of unbranched alkanes of at least 4 members (excludes halogenated alkanes) is 3. The Balaban J connectivity index is 2.03. The van der Waals surface area contributed by atoms with Gasteiger partial charge in [-0.2, -0.15) is 0 Å². The summed E-state index contributed by atoms with van der Waals surface area (Å²) in [6.45, 7) is 2.25. The first-order valence-electron chi connectivity index (χ1n) is 5.91. The average Bonchev–Trinajstić information content (AvgIpc) is 2.68. The lowest BCUT2D eigenvalue weighted by atomic mass is 10.1. The van der Waals surface area contributed by atoms with Crippen LogP contribution in [0.4, 0.5) is 0 Å². The van der Waals surface area contributed by atoms with E-state index < -0.39 is 0 Å². The Bertz CT molecular complexity index is 431. The molecule has 0 aliphatic carbocycles. The summed E-state index contributed by atoms with van der Waals surface area (Å²) in [6, 6.07) is 8.49. The molecule has 0 atom stereocenters. The molecule has 0 N–H and O–H groups in total. The molecule has 0 aromatic heterocycles. The average molecular weight is 200 g/mol. The molecule has 0 amide bonds. The predicted molar refractivity (Wildman–Crippen MR) is 64.5 cm³/mol. The fraction of sp³-hybridized carbons (Fsp3) is 0.429. The van der Waals surface area contributed by atoms with Crippen LogP contribution in [0.15, 0.2) is 24.3 Å². The van der Waals surface area contributed by atoms with Gasteiger partial charge in [0, 0.05) is 22.3 Å². The van der Waals surface area contributed by atoms with Crippen molar-refractivity contribution < 1.29 is 0 Å². The maximum absolute atomic E-state index is 4.49. The molecule has 1 radical (unpaired) electrons. The molecule has 1 heteroatoms. The van der Waals surface area contributed by atoms with Gasteiger partial charge in [0.05, 0.1) is 0 Å². The monoisotopic (exact) mass is 200 g/mol. The molecule has 1 nitrogen and oxygen atoms in total. The van der Waals surface area contributed by atoms with Crippen LogP contribution in [-0.2, 0) is 0 Å². The van der Waals surface area contributed by atoms with Crippen molar-refractivity contribution in [2.45, 2.75) is 39.0 Å². The maximum Gasteiger partial charge on any atom is 0.0482 e. The van der Waals surface area contributed by atoms with E-state index >= 15 is 0 Å². The van der Waals surface area contributed by atoms with E-state index in [1.54, 1.807) is 0 Å². The van der Waals surface area contributed by atoms with Crippen LogP contribution in [0, 0.1) is 0 Å². The quantitative estimate of drug-likeness (QED) is 0.646. The highest BCUT2D eigenvalue weighted by atomic mass is 14.9. The summed E-state index contributed by atoms with van der Waals surface area (Å²) in [5, 5.41) is 7.12. The van der Waals surface area contributed by atoms with Crippen molar-refractivity contribution in [2.75, 3.05) is 0 Å². The summed E-state index contributed by atoms with van der Waals surface area (Å²) in [7, 11) is 0. The highest BCUT2D eigenvalue weighted by Gasteiger charge is 2.04. The molecule has 1 aromatic rings. The number of nitrogens with zero attached hydrogens (tertiary/aromatic N) is 1. The standard InChI is InChI=1S/C14H18N/c1-2-3-4-5-10-14-13-9-7-6-8-12(13)11-15-14/h6-9,11H,2-5,10H2,1H3. The topological polar surface area (TPSA) is 14.1 Å². The van der Waals surface area contributed by atoms with Crippen molar-refractivity contribution in [1.29, 1.82) is 0 Å². The molecule has 1 aliphatic heterocycles. The SMILES string of the molecule is CCCCCCC1=c2ccccc2=C[N]1. The molecule has 1 aliphatic rings. The van der Waals surface area contributed by atoms with Crippen molar-refractivity contribution >= 4 is 11.9 Å². The first-order chi connectivity index (χ1) is 7.42. The van der Waals surface area contributed by atoms with Crippen LogP contribution < -0.4 is 15.8 Å². The third kappa shape index (κ3) is 2.41. The Morgan fingerprint density at radius 3 is 2.80 bits per heavy atom. The van der Waals surface area contributed by atoms with E-state index in [0.717, 1.165) is 6.42 Å². The second-order valence-corrected chi connectivity index (χ2v) is 4.10. The van der Waals surface area contributed by atoms with E-state index in [-0.39, 0.29) is 0 Å². The fourth-order valence-corrected chi connectivity index (χ4v) is 2.01. The van der Waals surface area contributed by atoms with Crippen LogP contribution in [-0.4, -0.2) is 0 Å². The summed E-state index contributed by atoms with van der Waals surface area (Å²) >= 11 is 0. The van der Waals surface area contributed by atoms with Crippen LogP contribution in [0.25, 0.3) is 11.9 Å². The molecular weight excluding hydrogens is 182 g/mol. The molecule has 2 rings (SSSR count). The Hall–Kier alpha value is -1.24. The molecule has 1 aromatic carbocycles. The zero-order valence-corrected chi connectivity index (χ0v) is 9.37. The van der Waals surface area contributed by atoms with E-state index in [1.807, 2.05) is 6.20 Å². The van der Waals surface area contributed by atoms with Gasteiger partial charge in [0.15, 0.2) is 0 Å². The highest BCUT2D eigenvalue weighted by Crippen LogP contribution is 2.09. The third-order valence-electron chi connectivity index (χ3n) is 2.90. The third-order valence-corrected chi connectivity index (χ3v) is 2.90. The lowest BCUT2D eigenvalue weighted by Gasteiger charge is -2.01. The van der Waals surface area contributed by atoms with Crippen molar-refractivity contribution in [3.8, 4) is 0 Å². The minimum atomic E-state index is 1.13. The second-order valence-electron chi connectivity index (χ2n) is 4.10. The summed E-state index contributed by atoms with van der Waals surface area (Å²) in [6.07, 6.45) is 8.37. The molecular formula is C14H18N. The number of fused-ring (bicyclic) bond motifs is 1. The van der Waals surface area contributed by atoms with Gasteiger partial charge in [-0.25, -0.2) is 0 Å². The summed E-state index contributed by atoms with van der Waals surface area (Å²) in [5.74, 6) is 0. The minimum Gasteiger partial charge on any atom is -0.260 e.